The summed E-state index contributed by atoms with van der Waals surface area (Å²) in [6.45, 7) is 0.463. The van der Waals surface area contributed by atoms with Gasteiger partial charge in [-0.15, -0.1) is 0 Å². The van der Waals surface area contributed by atoms with Crippen LogP contribution in [0.15, 0.2) is 34.7 Å². The highest BCUT2D eigenvalue weighted by Crippen LogP contribution is 2.28. The van der Waals surface area contributed by atoms with Crippen molar-refractivity contribution in [1.82, 2.24) is 0 Å². The zero-order valence-corrected chi connectivity index (χ0v) is 9.20. The van der Waals surface area contributed by atoms with Gasteiger partial charge in [0.05, 0.1) is 6.54 Å². The second-order valence-electron chi connectivity index (χ2n) is 4.31. The van der Waals surface area contributed by atoms with Crippen molar-refractivity contribution in [3.05, 3.63) is 47.2 Å². The van der Waals surface area contributed by atoms with E-state index in [1.165, 1.54) is 36.0 Å². The van der Waals surface area contributed by atoms with Crippen LogP contribution in [0.5, 0.6) is 0 Å². The van der Waals surface area contributed by atoms with E-state index in [1.54, 1.807) is 0 Å². The number of benzene rings is 1. The van der Waals surface area contributed by atoms with Crippen LogP contribution in [0.4, 0.5) is 0 Å². The molecule has 0 saturated heterocycles. The topological polar surface area (TPSA) is 39.2 Å². The SMILES string of the molecule is NCc1ccc(-c2ccc3c(c2)CCC3)o1. The Morgan fingerprint density at radius 1 is 1.06 bits per heavy atom. The minimum atomic E-state index is 0.463. The number of fused-ring (bicyclic) bond motifs is 1. The highest BCUT2D eigenvalue weighted by Gasteiger charge is 2.12. The molecular formula is C14H15NO. The van der Waals surface area contributed by atoms with Crippen molar-refractivity contribution in [2.24, 2.45) is 5.73 Å². The Labute approximate surface area is 95.1 Å². The number of hydrogen-bond acceptors (Lipinski definition) is 2. The van der Waals surface area contributed by atoms with E-state index in [0.717, 1.165) is 11.5 Å². The van der Waals surface area contributed by atoms with E-state index >= 15 is 0 Å². The average molecular weight is 213 g/mol. The third-order valence-electron chi connectivity index (χ3n) is 3.25. The molecule has 0 radical (unpaired) electrons. The van der Waals surface area contributed by atoms with Gasteiger partial charge < -0.3 is 10.2 Å². The molecular weight excluding hydrogens is 198 g/mol. The number of aryl methyl sites for hydroxylation is 2. The first kappa shape index (κ1) is 9.67. The first-order valence-electron chi connectivity index (χ1n) is 5.78. The van der Waals surface area contributed by atoms with Crippen LogP contribution in [0.3, 0.4) is 0 Å². The Morgan fingerprint density at radius 2 is 1.94 bits per heavy atom. The molecule has 1 aliphatic rings. The van der Waals surface area contributed by atoms with E-state index in [0.29, 0.717) is 6.54 Å². The summed E-state index contributed by atoms with van der Waals surface area (Å²) in [5.74, 6) is 1.77. The summed E-state index contributed by atoms with van der Waals surface area (Å²) in [4.78, 5) is 0. The van der Waals surface area contributed by atoms with E-state index in [2.05, 4.69) is 18.2 Å². The monoisotopic (exact) mass is 213 g/mol. The van der Waals surface area contributed by atoms with Crippen molar-refractivity contribution >= 4 is 0 Å². The van der Waals surface area contributed by atoms with Gasteiger partial charge in [0.1, 0.15) is 11.5 Å². The smallest absolute Gasteiger partial charge is 0.134 e. The van der Waals surface area contributed by atoms with Gasteiger partial charge in [-0.25, -0.2) is 0 Å². The van der Waals surface area contributed by atoms with E-state index in [1.807, 2.05) is 12.1 Å². The summed E-state index contributed by atoms with van der Waals surface area (Å²) < 4.78 is 5.65. The van der Waals surface area contributed by atoms with Crippen molar-refractivity contribution in [3.8, 4) is 11.3 Å². The first-order chi connectivity index (χ1) is 7.86. The van der Waals surface area contributed by atoms with Crippen LogP contribution in [0.25, 0.3) is 11.3 Å². The van der Waals surface area contributed by atoms with Crippen molar-refractivity contribution in [2.75, 3.05) is 0 Å². The molecule has 0 spiro atoms. The molecule has 0 amide bonds. The molecule has 0 aliphatic heterocycles. The third kappa shape index (κ3) is 1.55. The molecule has 0 atom stereocenters. The lowest BCUT2D eigenvalue weighted by atomic mass is 10.1. The van der Waals surface area contributed by atoms with Gasteiger partial charge in [-0.3, -0.25) is 0 Å². The second-order valence-corrected chi connectivity index (χ2v) is 4.31. The maximum absolute atomic E-state index is 5.65. The Kier molecular flexibility index (Phi) is 2.29. The molecule has 1 heterocycles. The fourth-order valence-corrected chi connectivity index (χ4v) is 2.37. The van der Waals surface area contributed by atoms with Crippen molar-refractivity contribution in [2.45, 2.75) is 25.8 Å². The van der Waals surface area contributed by atoms with E-state index < -0.39 is 0 Å². The number of rotatable bonds is 2. The van der Waals surface area contributed by atoms with Gasteiger partial charge in [0.2, 0.25) is 0 Å². The predicted octanol–water partition coefficient (Wildman–Crippen LogP) is 2.89. The van der Waals surface area contributed by atoms with Crippen LogP contribution in [0.2, 0.25) is 0 Å². The highest BCUT2D eigenvalue weighted by atomic mass is 16.3. The fourth-order valence-electron chi connectivity index (χ4n) is 2.37. The Balaban J connectivity index is 2.00. The summed E-state index contributed by atoms with van der Waals surface area (Å²) in [6, 6.07) is 10.6. The van der Waals surface area contributed by atoms with Gasteiger partial charge in [0.25, 0.3) is 0 Å². The van der Waals surface area contributed by atoms with Crippen LogP contribution in [-0.4, -0.2) is 0 Å². The molecule has 0 unspecified atom stereocenters. The minimum Gasteiger partial charge on any atom is -0.460 e. The lowest BCUT2D eigenvalue weighted by Gasteiger charge is -2.02. The summed E-state index contributed by atoms with van der Waals surface area (Å²) in [5, 5.41) is 0. The lowest BCUT2D eigenvalue weighted by Crippen LogP contribution is -1.92. The van der Waals surface area contributed by atoms with Crippen LogP contribution >= 0.6 is 0 Å². The van der Waals surface area contributed by atoms with Crippen molar-refractivity contribution < 1.29 is 4.42 Å². The highest BCUT2D eigenvalue weighted by molar-refractivity contribution is 5.60. The van der Waals surface area contributed by atoms with Gasteiger partial charge in [0.15, 0.2) is 0 Å². The lowest BCUT2D eigenvalue weighted by molar-refractivity contribution is 0.525. The van der Waals surface area contributed by atoms with E-state index in [9.17, 15) is 0 Å². The summed E-state index contributed by atoms with van der Waals surface area (Å²) in [7, 11) is 0. The maximum atomic E-state index is 5.65. The Morgan fingerprint density at radius 3 is 2.75 bits per heavy atom. The molecule has 16 heavy (non-hydrogen) atoms. The van der Waals surface area contributed by atoms with Gasteiger partial charge in [-0.2, -0.15) is 0 Å². The van der Waals surface area contributed by atoms with E-state index in [-0.39, 0.29) is 0 Å². The molecule has 2 aromatic rings. The van der Waals surface area contributed by atoms with Crippen molar-refractivity contribution in [1.29, 1.82) is 0 Å². The molecule has 0 bridgehead atoms. The molecule has 82 valence electrons. The minimum absolute atomic E-state index is 0.463. The molecule has 2 heteroatoms. The van der Waals surface area contributed by atoms with Crippen molar-refractivity contribution in [3.63, 3.8) is 0 Å². The molecule has 0 saturated carbocycles. The second kappa shape index (κ2) is 3.80. The zero-order chi connectivity index (χ0) is 11.0. The number of hydrogen-bond donors (Lipinski definition) is 1. The number of furan rings is 1. The normalized spacial score (nSPS) is 14.1. The van der Waals surface area contributed by atoms with E-state index in [4.69, 9.17) is 10.2 Å². The Hall–Kier alpha value is -1.54. The summed E-state index contributed by atoms with van der Waals surface area (Å²) in [6.07, 6.45) is 3.71. The molecule has 0 fully saturated rings. The summed E-state index contributed by atoms with van der Waals surface area (Å²) in [5.41, 5.74) is 9.67. The standard InChI is InChI=1S/C14H15NO/c15-9-13-6-7-14(16-13)12-5-4-10-2-1-3-11(10)8-12/h4-8H,1-3,9,15H2. The van der Waals surface area contributed by atoms with Gasteiger partial charge in [-0.05, 0) is 48.6 Å². The van der Waals surface area contributed by atoms with Gasteiger partial charge >= 0.3 is 0 Å². The van der Waals surface area contributed by atoms with Crippen LogP contribution in [0, 0.1) is 0 Å². The Bertz CT molecular complexity index is 513. The van der Waals surface area contributed by atoms with Gasteiger partial charge in [-0.1, -0.05) is 12.1 Å². The van der Waals surface area contributed by atoms with Crippen LogP contribution < -0.4 is 5.73 Å². The first-order valence-corrected chi connectivity index (χ1v) is 5.78. The molecule has 3 rings (SSSR count). The number of nitrogens with two attached hydrogens (primary N) is 1. The zero-order valence-electron chi connectivity index (χ0n) is 9.20. The maximum Gasteiger partial charge on any atom is 0.134 e. The average Bonchev–Trinajstić information content (AvgIpc) is 2.96. The van der Waals surface area contributed by atoms with Crippen LogP contribution in [-0.2, 0) is 19.4 Å². The molecule has 1 aromatic heterocycles. The largest absolute Gasteiger partial charge is 0.460 e. The third-order valence-corrected chi connectivity index (χ3v) is 3.25. The molecule has 2 N–H and O–H groups in total. The van der Waals surface area contributed by atoms with Gasteiger partial charge in [0, 0.05) is 5.56 Å². The fraction of sp³-hybridized carbons (Fsp3) is 0.286. The predicted molar refractivity (Wildman–Crippen MR) is 64.1 cm³/mol. The summed E-state index contributed by atoms with van der Waals surface area (Å²) >= 11 is 0. The van der Waals surface area contributed by atoms with Crippen LogP contribution in [0.1, 0.15) is 23.3 Å². The molecule has 1 aromatic carbocycles. The molecule has 1 aliphatic carbocycles. The molecule has 2 nitrogen and oxygen atoms in total. The quantitative estimate of drug-likeness (QED) is 0.833.